The number of nitrogens with two attached hydrogens (primary N) is 1. The summed E-state index contributed by atoms with van der Waals surface area (Å²) in [5.41, 5.74) is 7.76. The predicted octanol–water partition coefficient (Wildman–Crippen LogP) is 3.08. The topological polar surface area (TPSA) is 39.2 Å². The fourth-order valence-corrected chi connectivity index (χ4v) is 1.72. The highest BCUT2D eigenvalue weighted by atomic mass is 19.1. The van der Waals surface area contributed by atoms with E-state index < -0.39 is 6.04 Å². The molecule has 0 fully saturated rings. The van der Waals surface area contributed by atoms with E-state index in [0.717, 1.165) is 16.9 Å². The van der Waals surface area contributed by atoms with Crippen LogP contribution in [-0.4, -0.2) is 0 Å². The molecular weight excluding hydrogens is 205 g/mol. The summed E-state index contributed by atoms with van der Waals surface area (Å²) >= 11 is 0. The van der Waals surface area contributed by atoms with Crippen LogP contribution in [0.1, 0.15) is 28.7 Å². The van der Waals surface area contributed by atoms with Crippen molar-refractivity contribution in [2.45, 2.75) is 19.9 Å². The monoisotopic (exact) mass is 219 g/mol. The number of halogens is 1. The standard InChI is InChI=1S/C13H14FNO/c1-8-3-5-10(14)7-11(8)13(15)12-6-4-9(2)16-12/h3-7,13H,15H2,1-2H3. The van der Waals surface area contributed by atoms with Gasteiger partial charge in [-0.05, 0) is 49.2 Å². The molecular formula is C13H14FNO. The molecule has 2 N–H and O–H groups in total. The van der Waals surface area contributed by atoms with Crippen molar-refractivity contribution in [1.29, 1.82) is 0 Å². The van der Waals surface area contributed by atoms with Gasteiger partial charge in [0, 0.05) is 0 Å². The van der Waals surface area contributed by atoms with Crippen LogP contribution >= 0.6 is 0 Å². The van der Waals surface area contributed by atoms with Gasteiger partial charge >= 0.3 is 0 Å². The van der Waals surface area contributed by atoms with Crippen molar-refractivity contribution in [1.82, 2.24) is 0 Å². The Bertz CT molecular complexity index is 504. The molecule has 0 radical (unpaired) electrons. The summed E-state index contributed by atoms with van der Waals surface area (Å²) in [5.74, 6) is 1.19. The van der Waals surface area contributed by atoms with Gasteiger partial charge in [-0.15, -0.1) is 0 Å². The number of hydrogen-bond donors (Lipinski definition) is 1. The average molecular weight is 219 g/mol. The van der Waals surface area contributed by atoms with E-state index in [1.54, 1.807) is 6.07 Å². The van der Waals surface area contributed by atoms with Gasteiger partial charge in [0.05, 0.1) is 6.04 Å². The van der Waals surface area contributed by atoms with Crippen molar-refractivity contribution in [3.63, 3.8) is 0 Å². The zero-order valence-corrected chi connectivity index (χ0v) is 9.33. The molecule has 16 heavy (non-hydrogen) atoms. The first-order valence-corrected chi connectivity index (χ1v) is 5.16. The van der Waals surface area contributed by atoms with Gasteiger partial charge in [0.2, 0.25) is 0 Å². The Morgan fingerprint density at radius 3 is 2.56 bits per heavy atom. The SMILES string of the molecule is Cc1ccc(C(N)c2cc(F)ccc2C)o1. The van der Waals surface area contributed by atoms with E-state index in [1.165, 1.54) is 12.1 Å². The van der Waals surface area contributed by atoms with Crippen LogP contribution in [0.5, 0.6) is 0 Å². The Balaban J connectivity index is 2.40. The van der Waals surface area contributed by atoms with Gasteiger partial charge < -0.3 is 10.2 Å². The molecule has 2 aromatic rings. The highest BCUT2D eigenvalue weighted by Crippen LogP contribution is 2.24. The lowest BCUT2D eigenvalue weighted by Crippen LogP contribution is -2.12. The molecule has 84 valence electrons. The van der Waals surface area contributed by atoms with Crippen LogP contribution in [0.4, 0.5) is 4.39 Å². The largest absolute Gasteiger partial charge is 0.464 e. The highest BCUT2D eigenvalue weighted by molar-refractivity contribution is 5.34. The fourth-order valence-electron chi connectivity index (χ4n) is 1.72. The van der Waals surface area contributed by atoms with Crippen molar-refractivity contribution in [3.8, 4) is 0 Å². The molecule has 1 atom stereocenters. The lowest BCUT2D eigenvalue weighted by Gasteiger charge is -2.12. The minimum absolute atomic E-state index is 0.278. The molecule has 0 spiro atoms. The fraction of sp³-hybridized carbons (Fsp3) is 0.231. The summed E-state index contributed by atoms with van der Waals surface area (Å²) in [4.78, 5) is 0. The van der Waals surface area contributed by atoms with E-state index in [1.807, 2.05) is 26.0 Å². The summed E-state index contributed by atoms with van der Waals surface area (Å²) in [6.45, 7) is 3.76. The number of aryl methyl sites for hydroxylation is 2. The lowest BCUT2D eigenvalue weighted by atomic mass is 10.00. The van der Waals surface area contributed by atoms with Crippen LogP contribution in [0.15, 0.2) is 34.7 Å². The molecule has 1 aromatic carbocycles. The zero-order chi connectivity index (χ0) is 11.7. The quantitative estimate of drug-likeness (QED) is 0.843. The summed E-state index contributed by atoms with van der Waals surface area (Å²) < 4.78 is 18.6. The van der Waals surface area contributed by atoms with E-state index in [-0.39, 0.29) is 5.82 Å². The van der Waals surface area contributed by atoms with Crippen LogP contribution < -0.4 is 5.73 Å². The van der Waals surface area contributed by atoms with Crippen molar-refractivity contribution in [2.24, 2.45) is 5.73 Å². The maximum absolute atomic E-state index is 13.1. The molecule has 1 heterocycles. The number of rotatable bonds is 2. The van der Waals surface area contributed by atoms with Crippen molar-refractivity contribution >= 4 is 0 Å². The van der Waals surface area contributed by atoms with E-state index in [4.69, 9.17) is 10.2 Å². The zero-order valence-electron chi connectivity index (χ0n) is 9.33. The van der Waals surface area contributed by atoms with Gasteiger partial charge in [-0.3, -0.25) is 0 Å². The van der Waals surface area contributed by atoms with Crippen molar-refractivity contribution in [2.75, 3.05) is 0 Å². The molecule has 0 bridgehead atoms. The molecule has 0 saturated heterocycles. The van der Waals surface area contributed by atoms with Crippen LogP contribution in [0.3, 0.4) is 0 Å². The Labute approximate surface area is 93.9 Å². The smallest absolute Gasteiger partial charge is 0.125 e. The third-order valence-electron chi connectivity index (χ3n) is 2.64. The van der Waals surface area contributed by atoms with Crippen LogP contribution in [0, 0.1) is 19.7 Å². The normalized spacial score (nSPS) is 12.8. The molecule has 0 amide bonds. The third-order valence-corrected chi connectivity index (χ3v) is 2.64. The second-order valence-electron chi connectivity index (χ2n) is 3.93. The van der Waals surface area contributed by atoms with Gasteiger partial charge in [0.15, 0.2) is 0 Å². The lowest BCUT2D eigenvalue weighted by molar-refractivity contribution is 0.465. The minimum atomic E-state index is -0.413. The van der Waals surface area contributed by atoms with Gasteiger partial charge in [-0.2, -0.15) is 0 Å². The van der Waals surface area contributed by atoms with Gasteiger partial charge in [0.25, 0.3) is 0 Å². The van der Waals surface area contributed by atoms with Gasteiger partial charge in [-0.1, -0.05) is 6.07 Å². The van der Waals surface area contributed by atoms with Gasteiger partial charge in [0.1, 0.15) is 17.3 Å². The number of furan rings is 1. The van der Waals surface area contributed by atoms with E-state index >= 15 is 0 Å². The van der Waals surface area contributed by atoms with E-state index in [9.17, 15) is 4.39 Å². The molecule has 0 aliphatic carbocycles. The Morgan fingerprint density at radius 1 is 1.19 bits per heavy atom. The molecule has 3 heteroatoms. The minimum Gasteiger partial charge on any atom is -0.464 e. The second-order valence-corrected chi connectivity index (χ2v) is 3.93. The molecule has 0 aliphatic heterocycles. The second kappa shape index (κ2) is 4.10. The van der Waals surface area contributed by atoms with Crippen LogP contribution in [-0.2, 0) is 0 Å². The average Bonchev–Trinajstić information content (AvgIpc) is 2.67. The first-order chi connectivity index (χ1) is 7.58. The summed E-state index contributed by atoms with van der Waals surface area (Å²) in [7, 11) is 0. The summed E-state index contributed by atoms with van der Waals surface area (Å²) in [6.07, 6.45) is 0. The molecule has 1 unspecified atom stereocenters. The molecule has 0 aliphatic rings. The van der Waals surface area contributed by atoms with Crippen molar-refractivity contribution in [3.05, 3.63) is 58.8 Å². The van der Waals surface area contributed by atoms with E-state index in [0.29, 0.717) is 5.76 Å². The Morgan fingerprint density at radius 2 is 1.94 bits per heavy atom. The first kappa shape index (κ1) is 10.9. The third kappa shape index (κ3) is 1.99. The Kier molecular flexibility index (Phi) is 2.79. The highest BCUT2D eigenvalue weighted by Gasteiger charge is 2.15. The molecule has 2 rings (SSSR count). The number of hydrogen-bond acceptors (Lipinski definition) is 2. The Hall–Kier alpha value is -1.61. The first-order valence-electron chi connectivity index (χ1n) is 5.16. The molecule has 2 nitrogen and oxygen atoms in total. The molecule has 0 saturated carbocycles. The maximum atomic E-state index is 13.1. The molecule has 1 aromatic heterocycles. The van der Waals surface area contributed by atoms with Crippen LogP contribution in [0.25, 0.3) is 0 Å². The van der Waals surface area contributed by atoms with E-state index in [2.05, 4.69) is 0 Å². The van der Waals surface area contributed by atoms with Crippen molar-refractivity contribution < 1.29 is 8.81 Å². The number of benzene rings is 1. The predicted molar refractivity (Wildman–Crippen MR) is 60.6 cm³/mol. The maximum Gasteiger partial charge on any atom is 0.125 e. The van der Waals surface area contributed by atoms with Crippen LogP contribution in [0.2, 0.25) is 0 Å². The summed E-state index contributed by atoms with van der Waals surface area (Å²) in [5, 5.41) is 0. The van der Waals surface area contributed by atoms with Gasteiger partial charge in [-0.25, -0.2) is 4.39 Å². The summed E-state index contributed by atoms with van der Waals surface area (Å²) in [6, 6.07) is 7.87.